The van der Waals surface area contributed by atoms with E-state index in [1.54, 1.807) is 0 Å². The maximum Gasteiger partial charge on any atom is 0.327 e. The summed E-state index contributed by atoms with van der Waals surface area (Å²) in [6, 6.07) is 0. The van der Waals surface area contributed by atoms with Crippen molar-refractivity contribution in [1.82, 2.24) is 5.32 Å². The number of rotatable bonds is 4. The van der Waals surface area contributed by atoms with Crippen LogP contribution in [0.3, 0.4) is 0 Å². The summed E-state index contributed by atoms with van der Waals surface area (Å²) in [7, 11) is -3.98. The molecule has 0 heterocycles. The molecular weight excluding hydrogens is 169 g/mol. The Morgan fingerprint density at radius 3 is 2.55 bits per heavy atom. The van der Waals surface area contributed by atoms with Crippen LogP contribution in [0.2, 0.25) is 0 Å². The van der Waals surface area contributed by atoms with Crippen LogP contribution in [0.5, 0.6) is 0 Å². The molecule has 64 valence electrons. The predicted octanol–water partition coefficient (Wildman–Crippen LogP) is -0.534. The molecule has 0 fully saturated rings. The SMILES string of the molecule is C=CC(=O)NCCP(=O)(O)O. The number of hydrogen-bond acceptors (Lipinski definition) is 2. The van der Waals surface area contributed by atoms with Gasteiger partial charge in [-0.05, 0) is 6.08 Å². The first-order valence-corrected chi connectivity index (χ1v) is 4.70. The molecule has 0 saturated heterocycles. The van der Waals surface area contributed by atoms with Gasteiger partial charge in [-0.3, -0.25) is 9.36 Å². The van der Waals surface area contributed by atoms with Crippen molar-refractivity contribution in [3.05, 3.63) is 12.7 Å². The Labute approximate surface area is 64.3 Å². The van der Waals surface area contributed by atoms with Crippen molar-refractivity contribution in [2.75, 3.05) is 12.7 Å². The number of amides is 1. The second kappa shape index (κ2) is 4.28. The highest BCUT2D eigenvalue weighted by molar-refractivity contribution is 7.51. The molecule has 0 aliphatic heterocycles. The number of hydrogen-bond donors (Lipinski definition) is 3. The standard InChI is InChI=1S/C5H10NO4P/c1-2-5(7)6-3-4-11(8,9)10/h2H,1,3-4H2,(H,6,7)(H2,8,9,10). The Balaban J connectivity index is 3.51. The summed E-state index contributed by atoms with van der Waals surface area (Å²) >= 11 is 0. The van der Waals surface area contributed by atoms with Crippen LogP contribution in [-0.4, -0.2) is 28.4 Å². The zero-order chi connectivity index (χ0) is 8.91. The predicted molar refractivity (Wildman–Crippen MR) is 40.1 cm³/mol. The topological polar surface area (TPSA) is 86.6 Å². The molecule has 0 aromatic rings. The summed E-state index contributed by atoms with van der Waals surface area (Å²) < 4.78 is 10.2. The fourth-order valence-corrected chi connectivity index (χ4v) is 0.800. The van der Waals surface area contributed by atoms with Gasteiger partial charge in [0.2, 0.25) is 5.91 Å². The quantitative estimate of drug-likeness (QED) is 0.399. The maximum atomic E-state index is 10.4. The monoisotopic (exact) mass is 179 g/mol. The van der Waals surface area contributed by atoms with Crippen LogP contribution in [0, 0.1) is 0 Å². The van der Waals surface area contributed by atoms with Gasteiger partial charge in [0, 0.05) is 6.54 Å². The Morgan fingerprint density at radius 1 is 1.64 bits per heavy atom. The summed E-state index contributed by atoms with van der Waals surface area (Å²) in [4.78, 5) is 27.1. The molecule has 0 bridgehead atoms. The van der Waals surface area contributed by atoms with Gasteiger partial charge >= 0.3 is 7.60 Å². The van der Waals surface area contributed by atoms with Crippen molar-refractivity contribution in [1.29, 1.82) is 0 Å². The van der Waals surface area contributed by atoms with E-state index in [2.05, 4.69) is 11.9 Å². The fraction of sp³-hybridized carbons (Fsp3) is 0.400. The Morgan fingerprint density at radius 2 is 2.18 bits per heavy atom. The van der Waals surface area contributed by atoms with Gasteiger partial charge < -0.3 is 15.1 Å². The van der Waals surface area contributed by atoms with Crippen molar-refractivity contribution in [3.63, 3.8) is 0 Å². The molecule has 0 aliphatic carbocycles. The molecule has 0 radical (unpaired) electrons. The minimum absolute atomic E-state index is 0.0326. The molecule has 5 nitrogen and oxygen atoms in total. The van der Waals surface area contributed by atoms with E-state index < -0.39 is 13.5 Å². The van der Waals surface area contributed by atoms with Crippen molar-refractivity contribution < 1.29 is 19.1 Å². The molecule has 11 heavy (non-hydrogen) atoms. The third-order valence-corrected chi connectivity index (χ3v) is 1.69. The minimum atomic E-state index is -3.98. The normalized spacial score (nSPS) is 10.7. The van der Waals surface area contributed by atoms with Crippen molar-refractivity contribution in [2.45, 2.75) is 0 Å². The van der Waals surface area contributed by atoms with Crippen LogP contribution in [0.4, 0.5) is 0 Å². The van der Waals surface area contributed by atoms with E-state index in [0.717, 1.165) is 6.08 Å². The van der Waals surface area contributed by atoms with E-state index in [0.29, 0.717) is 0 Å². The van der Waals surface area contributed by atoms with Crippen LogP contribution in [0.1, 0.15) is 0 Å². The smallest absolute Gasteiger partial charge is 0.327 e. The van der Waals surface area contributed by atoms with E-state index in [1.165, 1.54) is 0 Å². The van der Waals surface area contributed by atoms with Gasteiger partial charge in [-0.15, -0.1) is 0 Å². The average molecular weight is 179 g/mol. The molecule has 0 unspecified atom stereocenters. The van der Waals surface area contributed by atoms with Gasteiger partial charge in [0.1, 0.15) is 0 Å². The summed E-state index contributed by atoms with van der Waals surface area (Å²) in [6.45, 7) is 3.14. The van der Waals surface area contributed by atoms with Crippen LogP contribution in [0.15, 0.2) is 12.7 Å². The fourth-order valence-electron chi connectivity index (χ4n) is 0.397. The van der Waals surface area contributed by atoms with Crippen LogP contribution in [-0.2, 0) is 9.36 Å². The highest BCUT2D eigenvalue weighted by atomic mass is 31.2. The zero-order valence-electron chi connectivity index (χ0n) is 5.86. The molecule has 0 aromatic heterocycles. The van der Waals surface area contributed by atoms with Gasteiger partial charge in [-0.25, -0.2) is 0 Å². The van der Waals surface area contributed by atoms with Crippen molar-refractivity contribution in [2.24, 2.45) is 0 Å². The lowest BCUT2D eigenvalue weighted by atomic mass is 10.6. The lowest BCUT2D eigenvalue weighted by Crippen LogP contribution is -2.24. The molecular formula is C5H10NO4P. The van der Waals surface area contributed by atoms with Crippen LogP contribution >= 0.6 is 7.60 Å². The molecule has 0 aliphatic rings. The number of carbonyl (C=O) groups is 1. The van der Waals surface area contributed by atoms with Crippen molar-refractivity contribution in [3.8, 4) is 0 Å². The number of nitrogens with one attached hydrogen (secondary N) is 1. The summed E-state index contributed by atoms with van der Waals surface area (Å²) in [5.74, 6) is -0.432. The van der Waals surface area contributed by atoms with Crippen LogP contribution in [0.25, 0.3) is 0 Å². The maximum absolute atomic E-state index is 10.4. The van der Waals surface area contributed by atoms with E-state index in [4.69, 9.17) is 9.79 Å². The third-order valence-electron chi connectivity index (χ3n) is 0.888. The van der Waals surface area contributed by atoms with E-state index in [9.17, 15) is 9.36 Å². The summed E-state index contributed by atoms with van der Waals surface area (Å²) in [5, 5.41) is 2.24. The van der Waals surface area contributed by atoms with E-state index in [-0.39, 0.29) is 12.7 Å². The second-order valence-electron chi connectivity index (χ2n) is 1.88. The second-order valence-corrected chi connectivity index (χ2v) is 3.66. The summed E-state index contributed by atoms with van der Waals surface area (Å²) in [5.41, 5.74) is 0. The Bertz CT molecular complexity index is 197. The van der Waals surface area contributed by atoms with Gasteiger partial charge in [-0.2, -0.15) is 0 Å². The Kier molecular flexibility index (Phi) is 4.03. The largest absolute Gasteiger partial charge is 0.352 e. The minimum Gasteiger partial charge on any atom is -0.352 e. The van der Waals surface area contributed by atoms with Gasteiger partial charge in [-0.1, -0.05) is 6.58 Å². The lowest BCUT2D eigenvalue weighted by molar-refractivity contribution is -0.116. The van der Waals surface area contributed by atoms with Gasteiger partial charge in [0.05, 0.1) is 6.16 Å². The van der Waals surface area contributed by atoms with Crippen LogP contribution < -0.4 is 5.32 Å². The van der Waals surface area contributed by atoms with Gasteiger partial charge in [0.15, 0.2) is 0 Å². The first kappa shape index (κ1) is 10.4. The Hall–Kier alpha value is -0.640. The third kappa shape index (κ3) is 7.25. The van der Waals surface area contributed by atoms with E-state index >= 15 is 0 Å². The number of carbonyl (C=O) groups excluding carboxylic acids is 1. The first-order valence-electron chi connectivity index (χ1n) is 2.90. The molecule has 0 saturated carbocycles. The first-order chi connectivity index (χ1) is 4.95. The molecule has 0 aromatic carbocycles. The molecule has 3 N–H and O–H groups in total. The average Bonchev–Trinajstić information content (AvgIpc) is 1.85. The molecule has 6 heteroatoms. The lowest BCUT2D eigenvalue weighted by Gasteiger charge is -2.03. The van der Waals surface area contributed by atoms with Gasteiger partial charge in [0.25, 0.3) is 0 Å². The summed E-state index contributed by atoms with van der Waals surface area (Å²) in [6.07, 6.45) is 0.701. The molecule has 1 amide bonds. The highest BCUT2D eigenvalue weighted by Crippen LogP contribution is 2.32. The van der Waals surface area contributed by atoms with E-state index in [1.807, 2.05) is 0 Å². The molecule has 0 spiro atoms. The zero-order valence-corrected chi connectivity index (χ0v) is 6.75. The molecule has 0 rings (SSSR count). The molecule has 0 atom stereocenters. The van der Waals surface area contributed by atoms with Crippen molar-refractivity contribution >= 4 is 13.5 Å². The highest BCUT2D eigenvalue weighted by Gasteiger charge is 2.11.